The number of carbonyl (C=O) groups is 1. The van der Waals surface area contributed by atoms with Gasteiger partial charge >= 0.3 is 0 Å². The zero-order valence-corrected chi connectivity index (χ0v) is 9.84. The van der Waals surface area contributed by atoms with Gasteiger partial charge in [-0.3, -0.25) is 4.79 Å². The number of anilines is 1. The van der Waals surface area contributed by atoms with Crippen LogP contribution in [0.2, 0.25) is 0 Å². The molecule has 1 fully saturated rings. The SMILES string of the molecule is CC1CCN(C(=O)c2ccc(N)cn2)CC1O. The Kier molecular flexibility index (Phi) is 3.28. The van der Waals surface area contributed by atoms with Crippen molar-refractivity contribution in [1.82, 2.24) is 9.88 Å². The quantitative estimate of drug-likeness (QED) is 0.743. The minimum Gasteiger partial charge on any atom is -0.397 e. The molecular weight excluding hydrogens is 218 g/mol. The molecule has 0 aromatic carbocycles. The number of nitrogens with two attached hydrogens (primary N) is 1. The Labute approximate surface area is 100 Å². The van der Waals surface area contributed by atoms with Crippen molar-refractivity contribution in [2.45, 2.75) is 19.4 Å². The molecule has 0 saturated carbocycles. The Bertz CT molecular complexity index is 405. The highest BCUT2D eigenvalue weighted by atomic mass is 16.3. The number of aliphatic hydroxyl groups excluding tert-OH is 1. The molecule has 2 atom stereocenters. The Morgan fingerprint density at radius 3 is 2.94 bits per heavy atom. The standard InChI is InChI=1S/C12H17N3O2/c1-8-4-5-15(7-11(8)16)12(17)10-3-2-9(13)6-14-10/h2-3,6,8,11,16H,4-5,7,13H2,1H3. The summed E-state index contributed by atoms with van der Waals surface area (Å²) in [6, 6.07) is 3.27. The summed E-state index contributed by atoms with van der Waals surface area (Å²) in [5.74, 6) is 0.106. The van der Waals surface area contributed by atoms with E-state index in [0.717, 1.165) is 6.42 Å². The monoisotopic (exact) mass is 235 g/mol. The Balaban J connectivity index is 2.08. The number of carbonyl (C=O) groups excluding carboxylic acids is 1. The molecule has 0 aliphatic carbocycles. The molecule has 1 aliphatic rings. The predicted molar refractivity (Wildman–Crippen MR) is 64.3 cm³/mol. The van der Waals surface area contributed by atoms with Gasteiger partial charge in [-0.2, -0.15) is 0 Å². The van der Waals surface area contributed by atoms with Gasteiger partial charge in [0.05, 0.1) is 18.0 Å². The van der Waals surface area contributed by atoms with E-state index in [1.165, 1.54) is 6.20 Å². The lowest BCUT2D eigenvalue weighted by molar-refractivity contribution is 0.0245. The van der Waals surface area contributed by atoms with Crippen LogP contribution in [0, 0.1) is 5.92 Å². The maximum atomic E-state index is 12.1. The number of rotatable bonds is 1. The molecule has 1 aromatic rings. The van der Waals surface area contributed by atoms with Crippen LogP contribution in [0.1, 0.15) is 23.8 Å². The van der Waals surface area contributed by atoms with Crippen molar-refractivity contribution in [2.75, 3.05) is 18.8 Å². The van der Waals surface area contributed by atoms with E-state index >= 15 is 0 Å². The molecule has 5 heteroatoms. The third-order valence-corrected chi connectivity index (χ3v) is 3.21. The van der Waals surface area contributed by atoms with E-state index in [1.54, 1.807) is 17.0 Å². The van der Waals surface area contributed by atoms with Crippen LogP contribution in [0.25, 0.3) is 0 Å². The first-order valence-corrected chi connectivity index (χ1v) is 5.77. The van der Waals surface area contributed by atoms with Gasteiger partial charge in [-0.05, 0) is 24.5 Å². The molecule has 1 aromatic heterocycles. The second-order valence-corrected chi connectivity index (χ2v) is 4.56. The molecule has 17 heavy (non-hydrogen) atoms. The van der Waals surface area contributed by atoms with Gasteiger partial charge in [-0.1, -0.05) is 6.92 Å². The average Bonchev–Trinajstić information content (AvgIpc) is 2.33. The third kappa shape index (κ3) is 2.55. The molecule has 1 aliphatic heterocycles. The number of hydrogen-bond donors (Lipinski definition) is 2. The molecule has 0 radical (unpaired) electrons. The minimum atomic E-state index is -0.443. The fourth-order valence-corrected chi connectivity index (χ4v) is 1.93. The summed E-state index contributed by atoms with van der Waals surface area (Å²) in [4.78, 5) is 17.7. The van der Waals surface area contributed by atoms with Crippen LogP contribution in [0.5, 0.6) is 0 Å². The Morgan fingerprint density at radius 1 is 1.59 bits per heavy atom. The van der Waals surface area contributed by atoms with Gasteiger partial charge in [0, 0.05) is 13.1 Å². The number of piperidine rings is 1. The highest BCUT2D eigenvalue weighted by Gasteiger charge is 2.28. The summed E-state index contributed by atoms with van der Waals surface area (Å²) < 4.78 is 0. The number of nitrogen functional groups attached to an aromatic ring is 1. The van der Waals surface area contributed by atoms with E-state index in [-0.39, 0.29) is 11.8 Å². The van der Waals surface area contributed by atoms with Crippen LogP contribution in [-0.2, 0) is 0 Å². The van der Waals surface area contributed by atoms with Crippen molar-refractivity contribution in [3.8, 4) is 0 Å². The molecule has 1 amide bonds. The summed E-state index contributed by atoms with van der Waals surface area (Å²) in [5.41, 5.74) is 6.43. The second-order valence-electron chi connectivity index (χ2n) is 4.56. The summed E-state index contributed by atoms with van der Waals surface area (Å²) in [7, 11) is 0. The lowest BCUT2D eigenvalue weighted by atomic mass is 9.96. The number of β-amino-alcohol motifs (C(OH)–C–C–N with tert-alkyl or cyclic N) is 1. The maximum Gasteiger partial charge on any atom is 0.272 e. The number of likely N-dealkylation sites (tertiary alicyclic amines) is 1. The van der Waals surface area contributed by atoms with E-state index in [9.17, 15) is 9.90 Å². The maximum absolute atomic E-state index is 12.1. The van der Waals surface area contributed by atoms with Crippen molar-refractivity contribution in [2.24, 2.45) is 5.92 Å². The molecule has 2 heterocycles. The third-order valence-electron chi connectivity index (χ3n) is 3.21. The summed E-state index contributed by atoms with van der Waals surface area (Å²) in [5, 5.41) is 9.75. The van der Waals surface area contributed by atoms with Crippen LogP contribution < -0.4 is 5.73 Å². The molecule has 0 bridgehead atoms. The molecule has 5 nitrogen and oxygen atoms in total. The van der Waals surface area contributed by atoms with Crippen molar-refractivity contribution in [3.05, 3.63) is 24.0 Å². The first-order chi connectivity index (χ1) is 8.08. The number of hydrogen-bond acceptors (Lipinski definition) is 4. The molecule has 2 unspecified atom stereocenters. The highest BCUT2D eigenvalue weighted by molar-refractivity contribution is 5.92. The molecule has 92 valence electrons. The lowest BCUT2D eigenvalue weighted by Gasteiger charge is -2.34. The topological polar surface area (TPSA) is 79.5 Å². The number of aliphatic hydroxyl groups is 1. The van der Waals surface area contributed by atoms with Crippen LogP contribution in [0.3, 0.4) is 0 Å². The largest absolute Gasteiger partial charge is 0.397 e. The highest BCUT2D eigenvalue weighted by Crippen LogP contribution is 2.18. The van der Waals surface area contributed by atoms with Gasteiger partial charge in [0.15, 0.2) is 0 Å². The van der Waals surface area contributed by atoms with Gasteiger partial charge in [0.1, 0.15) is 5.69 Å². The fraction of sp³-hybridized carbons (Fsp3) is 0.500. The van der Waals surface area contributed by atoms with Crippen molar-refractivity contribution < 1.29 is 9.90 Å². The Morgan fingerprint density at radius 2 is 2.35 bits per heavy atom. The summed E-state index contributed by atoms with van der Waals surface area (Å²) >= 11 is 0. The summed E-state index contributed by atoms with van der Waals surface area (Å²) in [6.45, 7) is 3.04. The van der Waals surface area contributed by atoms with Crippen LogP contribution >= 0.6 is 0 Å². The number of amides is 1. The smallest absolute Gasteiger partial charge is 0.272 e. The minimum absolute atomic E-state index is 0.143. The first-order valence-electron chi connectivity index (χ1n) is 5.77. The van der Waals surface area contributed by atoms with Crippen molar-refractivity contribution in [3.63, 3.8) is 0 Å². The summed E-state index contributed by atoms with van der Waals surface area (Å²) in [6.07, 6.45) is 1.85. The van der Waals surface area contributed by atoms with E-state index in [4.69, 9.17) is 5.73 Å². The lowest BCUT2D eigenvalue weighted by Crippen LogP contribution is -2.46. The fourth-order valence-electron chi connectivity index (χ4n) is 1.93. The van der Waals surface area contributed by atoms with E-state index < -0.39 is 6.10 Å². The van der Waals surface area contributed by atoms with Gasteiger partial charge < -0.3 is 15.7 Å². The normalized spacial score (nSPS) is 24.7. The van der Waals surface area contributed by atoms with Gasteiger partial charge in [0.25, 0.3) is 5.91 Å². The van der Waals surface area contributed by atoms with Gasteiger partial charge in [-0.25, -0.2) is 4.98 Å². The van der Waals surface area contributed by atoms with Crippen molar-refractivity contribution >= 4 is 11.6 Å². The van der Waals surface area contributed by atoms with Crippen LogP contribution in [0.4, 0.5) is 5.69 Å². The van der Waals surface area contributed by atoms with Crippen LogP contribution in [-0.4, -0.2) is 40.1 Å². The van der Waals surface area contributed by atoms with Crippen LogP contribution in [0.15, 0.2) is 18.3 Å². The molecule has 3 N–H and O–H groups in total. The number of pyridine rings is 1. The van der Waals surface area contributed by atoms with E-state index in [0.29, 0.717) is 24.5 Å². The number of nitrogens with zero attached hydrogens (tertiary/aromatic N) is 2. The number of aromatic nitrogens is 1. The zero-order chi connectivity index (χ0) is 12.4. The second kappa shape index (κ2) is 4.71. The van der Waals surface area contributed by atoms with E-state index in [1.807, 2.05) is 6.92 Å². The van der Waals surface area contributed by atoms with E-state index in [2.05, 4.69) is 4.98 Å². The average molecular weight is 235 g/mol. The molecule has 1 saturated heterocycles. The first kappa shape index (κ1) is 11.9. The van der Waals surface area contributed by atoms with Gasteiger partial charge in [-0.15, -0.1) is 0 Å². The Hall–Kier alpha value is -1.62. The van der Waals surface area contributed by atoms with Gasteiger partial charge in [0.2, 0.25) is 0 Å². The predicted octanol–water partition coefficient (Wildman–Crippen LogP) is 0.507. The zero-order valence-electron chi connectivity index (χ0n) is 9.84. The van der Waals surface area contributed by atoms with Crippen molar-refractivity contribution in [1.29, 1.82) is 0 Å². The molecular formula is C12H17N3O2. The molecule has 2 rings (SSSR count). The molecule has 0 spiro atoms.